The molecular weight excluding hydrogens is 237 g/mol. The van der Waals surface area contributed by atoms with E-state index in [1.54, 1.807) is 18.4 Å². The van der Waals surface area contributed by atoms with Gasteiger partial charge in [0, 0.05) is 16.7 Å². The highest BCUT2D eigenvalue weighted by Gasteiger charge is 2.14. The van der Waals surface area contributed by atoms with Crippen LogP contribution >= 0.6 is 11.8 Å². The van der Waals surface area contributed by atoms with Crippen molar-refractivity contribution in [3.05, 3.63) is 41.9 Å². The standard InChI is InChI=1S/C13H16FNOS/c14-11-5-1-2-6-13(11)17-9-12(15)10-4-3-7-16-8-10/h1-2,5-6,8,12H,3-4,7,9,15H2. The molecule has 0 saturated carbocycles. The minimum atomic E-state index is -0.182. The molecule has 4 heteroatoms. The molecule has 0 bridgehead atoms. The van der Waals surface area contributed by atoms with Crippen molar-refractivity contribution in [2.24, 2.45) is 5.73 Å². The van der Waals surface area contributed by atoms with Gasteiger partial charge in [-0.05, 0) is 30.5 Å². The number of thioether (sulfide) groups is 1. The summed E-state index contributed by atoms with van der Waals surface area (Å²) >= 11 is 1.45. The lowest BCUT2D eigenvalue weighted by atomic mass is 10.0. The van der Waals surface area contributed by atoms with E-state index in [-0.39, 0.29) is 11.9 Å². The quantitative estimate of drug-likeness (QED) is 0.838. The molecule has 2 rings (SSSR count). The molecule has 2 N–H and O–H groups in total. The van der Waals surface area contributed by atoms with E-state index in [1.807, 2.05) is 6.07 Å². The Hall–Kier alpha value is -1.00. The zero-order chi connectivity index (χ0) is 12.1. The number of benzene rings is 1. The Morgan fingerprint density at radius 1 is 1.41 bits per heavy atom. The molecule has 1 aromatic rings. The van der Waals surface area contributed by atoms with Gasteiger partial charge in [-0.15, -0.1) is 11.8 Å². The molecule has 0 saturated heterocycles. The van der Waals surface area contributed by atoms with Crippen molar-refractivity contribution in [3.63, 3.8) is 0 Å². The largest absolute Gasteiger partial charge is 0.501 e. The fraction of sp³-hybridized carbons (Fsp3) is 0.385. The van der Waals surface area contributed by atoms with E-state index in [1.165, 1.54) is 17.8 Å². The highest BCUT2D eigenvalue weighted by atomic mass is 32.2. The molecule has 0 spiro atoms. The van der Waals surface area contributed by atoms with Gasteiger partial charge in [0.1, 0.15) is 5.82 Å². The Bertz CT molecular complexity index is 408. The van der Waals surface area contributed by atoms with E-state index >= 15 is 0 Å². The fourth-order valence-electron chi connectivity index (χ4n) is 1.71. The predicted molar refractivity (Wildman–Crippen MR) is 68.4 cm³/mol. The van der Waals surface area contributed by atoms with Crippen LogP contribution in [-0.2, 0) is 4.74 Å². The molecule has 1 aromatic carbocycles. The first-order chi connectivity index (χ1) is 8.27. The molecule has 92 valence electrons. The molecule has 1 aliphatic rings. The summed E-state index contributed by atoms with van der Waals surface area (Å²) in [5.41, 5.74) is 7.18. The summed E-state index contributed by atoms with van der Waals surface area (Å²) < 4.78 is 18.6. The first-order valence-electron chi connectivity index (χ1n) is 5.71. The lowest BCUT2D eigenvalue weighted by Crippen LogP contribution is -2.27. The maximum atomic E-state index is 13.4. The van der Waals surface area contributed by atoms with Crippen LogP contribution in [0.25, 0.3) is 0 Å². The van der Waals surface area contributed by atoms with Crippen molar-refractivity contribution in [3.8, 4) is 0 Å². The monoisotopic (exact) mass is 253 g/mol. The van der Waals surface area contributed by atoms with Gasteiger partial charge < -0.3 is 10.5 Å². The van der Waals surface area contributed by atoms with Crippen molar-refractivity contribution in [2.75, 3.05) is 12.4 Å². The molecular formula is C13H16FNOS. The Labute approximate surface area is 105 Å². The van der Waals surface area contributed by atoms with E-state index in [2.05, 4.69) is 0 Å². The summed E-state index contributed by atoms with van der Waals surface area (Å²) in [5, 5.41) is 0. The minimum Gasteiger partial charge on any atom is -0.501 e. The highest BCUT2D eigenvalue weighted by Crippen LogP contribution is 2.24. The molecule has 0 aromatic heterocycles. The summed E-state index contributed by atoms with van der Waals surface area (Å²) in [7, 11) is 0. The molecule has 2 nitrogen and oxygen atoms in total. The van der Waals surface area contributed by atoms with Crippen LogP contribution in [0.4, 0.5) is 4.39 Å². The Kier molecular flexibility index (Phi) is 4.45. The lowest BCUT2D eigenvalue weighted by molar-refractivity contribution is 0.222. The van der Waals surface area contributed by atoms with Crippen molar-refractivity contribution in [1.82, 2.24) is 0 Å². The third-order valence-electron chi connectivity index (χ3n) is 2.69. The zero-order valence-electron chi connectivity index (χ0n) is 9.56. The molecule has 0 radical (unpaired) electrons. The lowest BCUT2D eigenvalue weighted by Gasteiger charge is -2.19. The van der Waals surface area contributed by atoms with Gasteiger partial charge in [-0.25, -0.2) is 4.39 Å². The Morgan fingerprint density at radius 2 is 2.24 bits per heavy atom. The average molecular weight is 253 g/mol. The van der Waals surface area contributed by atoms with Gasteiger partial charge in [0.15, 0.2) is 0 Å². The molecule has 1 unspecified atom stereocenters. The van der Waals surface area contributed by atoms with Crippen LogP contribution in [0.5, 0.6) is 0 Å². The molecule has 0 fully saturated rings. The summed E-state index contributed by atoms with van der Waals surface area (Å²) in [5.74, 6) is 0.495. The normalized spacial score (nSPS) is 17.2. The van der Waals surface area contributed by atoms with Gasteiger partial charge >= 0.3 is 0 Å². The molecule has 1 aliphatic heterocycles. The Balaban J connectivity index is 1.89. The average Bonchev–Trinajstić information content (AvgIpc) is 2.38. The smallest absolute Gasteiger partial charge is 0.136 e. The highest BCUT2D eigenvalue weighted by molar-refractivity contribution is 7.99. The number of hydrogen-bond donors (Lipinski definition) is 1. The van der Waals surface area contributed by atoms with Crippen LogP contribution < -0.4 is 5.73 Å². The maximum Gasteiger partial charge on any atom is 0.136 e. The van der Waals surface area contributed by atoms with E-state index in [0.717, 1.165) is 25.0 Å². The number of halogens is 1. The second kappa shape index (κ2) is 6.07. The van der Waals surface area contributed by atoms with E-state index in [0.29, 0.717) is 10.6 Å². The van der Waals surface area contributed by atoms with Crippen molar-refractivity contribution in [1.29, 1.82) is 0 Å². The van der Waals surface area contributed by atoms with Crippen LogP contribution in [0, 0.1) is 5.82 Å². The molecule has 17 heavy (non-hydrogen) atoms. The number of nitrogens with two attached hydrogens (primary N) is 1. The van der Waals surface area contributed by atoms with Crippen LogP contribution in [0.3, 0.4) is 0 Å². The van der Waals surface area contributed by atoms with E-state index in [4.69, 9.17) is 10.5 Å². The predicted octanol–water partition coefficient (Wildman–Crippen LogP) is 2.94. The van der Waals surface area contributed by atoms with Gasteiger partial charge in [0.05, 0.1) is 12.9 Å². The van der Waals surface area contributed by atoms with Crippen LogP contribution in [-0.4, -0.2) is 18.4 Å². The SMILES string of the molecule is NC(CSc1ccccc1F)C1=COCCC1. The second-order valence-electron chi connectivity index (χ2n) is 4.02. The van der Waals surface area contributed by atoms with Gasteiger partial charge in [0.25, 0.3) is 0 Å². The Morgan fingerprint density at radius 3 is 2.94 bits per heavy atom. The summed E-state index contributed by atoms with van der Waals surface area (Å²) in [6.45, 7) is 0.774. The molecule has 0 aliphatic carbocycles. The van der Waals surface area contributed by atoms with E-state index < -0.39 is 0 Å². The first kappa shape index (κ1) is 12.5. The summed E-state index contributed by atoms with van der Waals surface area (Å²) in [6.07, 6.45) is 3.76. The van der Waals surface area contributed by atoms with Crippen molar-refractivity contribution < 1.29 is 9.13 Å². The van der Waals surface area contributed by atoms with Crippen LogP contribution in [0.2, 0.25) is 0 Å². The molecule has 0 amide bonds. The topological polar surface area (TPSA) is 35.2 Å². The summed E-state index contributed by atoms with van der Waals surface area (Å²) in [4.78, 5) is 0.653. The third kappa shape index (κ3) is 3.48. The summed E-state index contributed by atoms with van der Waals surface area (Å²) in [6, 6.07) is 6.71. The van der Waals surface area contributed by atoms with Crippen LogP contribution in [0.1, 0.15) is 12.8 Å². The molecule has 1 atom stereocenters. The zero-order valence-corrected chi connectivity index (χ0v) is 10.4. The van der Waals surface area contributed by atoms with Gasteiger partial charge in [-0.1, -0.05) is 12.1 Å². The maximum absolute atomic E-state index is 13.4. The fourth-order valence-corrected chi connectivity index (χ4v) is 2.66. The minimum absolute atomic E-state index is 0.0556. The third-order valence-corrected chi connectivity index (χ3v) is 3.86. The first-order valence-corrected chi connectivity index (χ1v) is 6.69. The van der Waals surface area contributed by atoms with Gasteiger partial charge in [0.2, 0.25) is 0 Å². The van der Waals surface area contributed by atoms with E-state index in [9.17, 15) is 4.39 Å². The van der Waals surface area contributed by atoms with Crippen molar-refractivity contribution >= 4 is 11.8 Å². The number of hydrogen-bond acceptors (Lipinski definition) is 3. The number of rotatable bonds is 4. The number of ether oxygens (including phenoxy) is 1. The van der Waals surface area contributed by atoms with Crippen molar-refractivity contribution in [2.45, 2.75) is 23.8 Å². The van der Waals surface area contributed by atoms with Gasteiger partial charge in [-0.2, -0.15) is 0 Å². The molecule has 1 heterocycles. The van der Waals surface area contributed by atoms with Crippen LogP contribution in [0.15, 0.2) is 41.0 Å². The van der Waals surface area contributed by atoms with Gasteiger partial charge in [-0.3, -0.25) is 0 Å². The second-order valence-corrected chi connectivity index (χ2v) is 5.08.